The maximum absolute atomic E-state index is 13.6. The number of benzene rings is 1. The van der Waals surface area contributed by atoms with Crippen molar-refractivity contribution in [3.63, 3.8) is 0 Å². The van der Waals surface area contributed by atoms with Crippen LogP contribution in [0.2, 0.25) is 0 Å². The van der Waals surface area contributed by atoms with Gasteiger partial charge in [0.05, 0.1) is 5.69 Å². The summed E-state index contributed by atoms with van der Waals surface area (Å²) in [4.78, 5) is 0. The molecular weight excluding hydrogens is 269 g/mol. The van der Waals surface area contributed by atoms with Crippen LogP contribution in [0.5, 0.6) is 0 Å². The Bertz CT molecular complexity index is 367. The highest BCUT2D eigenvalue weighted by Crippen LogP contribution is 2.28. The maximum Gasteiger partial charge on any atom is 0.146 e. The molecule has 1 fully saturated rings. The normalized spacial score (nSPS) is 25.4. The summed E-state index contributed by atoms with van der Waals surface area (Å²) in [5.41, 5.74) is 0.619. The van der Waals surface area contributed by atoms with Crippen LogP contribution in [0, 0.1) is 11.7 Å². The number of halogens is 2. The topological polar surface area (TPSA) is 12.0 Å². The van der Waals surface area contributed by atoms with E-state index in [-0.39, 0.29) is 5.82 Å². The number of hydrogen-bond acceptors (Lipinski definition) is 1. The molecule has 88 valence electrons. The Hall–Kier alpha value is -0.570. The molecule has 0 saturated heterocycles. The van der Waals surface area contributed by atoms with Gasteiger partial charge in [0.2, 0.25) is 0 Å². The van der Waals surface area contributed by atoms with E-state index < -0.39 is 0 Å². The maximum atomic E-state index is 13.6. The van der Waals surface area contributed by atoms with Crippen molar-refractivity contribution in [2.75, 3.05) is 5.32 Å². The molecule has 0 aliphatic heterocycles. The molecule has 2 unspecified atom stereocenters. The van der Waals surface area contributed by atoms with Crippen LogP contribution in [-0.4, -0.2) is 6.04 Å². The van der Waals surface area contributed by atoms with Gasteiger partial charge in [-0.1, -0.05) is 35.7 Å². The first-order valence-electron chi connectivity index (χ1n) is 5.88. The molecule has 2 atom stereocenters. The number of hydrogen-bond donors (Lipinski definition) is 1. The first-order chi connectivity index (χ1) is 7.66. The van der Waals surface area contributed by atoms with Crippen LogP contribution in [0.25, 0.3) is 0 Å². The van der Waals surface area contributed by atoms with Crippen molar-refractivity contribution in [2.45, 2.75) is 38.6 Å². The highest BCUT2D eigenvalue weighted by atomic mass is 79.9. The molecule has 2 rings (SSSR count). The molecule has 1 aliphatic carbocycles. The van der Waals surface area contributed by atoms with E-state index in [1.54, 1.807) is 6.07 Å². The molecule has 3 heteroatoms. The van der Waals surface area contributed by atoms with Crippen molar-refractivity contribution in [1.82, 2.24) is 0 Å². The van der Waals surface area contributed by atoms with Gasteiger partial charge in [-0.25, -0.2) is 4.39 Å². The fourth-order valence-electron chi connectivity index (χ4n) is 2.34. The van der Waals surface area contributed by atoms with Gasteiger partial charge in [0.25, 0.3) is 0 Å². The first-order valence-corrected chi connectivity index (χ1v) is 6.67. The third-order valence-electron chi connectivity index (χ3n) is 3.38. The SMILES string of the molecule is CC1CCCCC1Nc1cc(Br)ccc1F. The lowest BCUT2D eigenvalue weighted by molar-refractivity contribution is 0.348. The summed E-state index contributed by atoms with van der Waals surface area (Å²) in [7, 11) is 0. The Labute approximate surface area is 105 Å². The summed E-state index contributed by atoms with van der Waals surface area (Å²) in [6, 6.07) is 5.46. The van der Waals surface area contributed by atoms with Gasteiger partial charge in [0.15, 0.2) is 0 Å². The van der Waals surface area contributed by atoms with Crippen molar-refractivity contribution in [3.05, 3.63) is 28.5 Å². The van der Waals surface area contributed by atoms with Gasteiger partial charge in [-0.3, -0.25) is 0 Å². The fourth-order valence-corrected chi connectivity index (χ4v) is 2.70. The fraction of sp³-hybridized carbons (Fsp3) is 0.538. The zero-order valence-corrected chi connectivity index (χ0v) is 11.1. The largest absolute Gasteiger partial charge is 0.380 e. The van der Waals surface area contributed by atoms with Gasteiger partial charge in [0, 0.05) is 10.5 Å². The summed E-state index contributed by atoms with van der Waals surface area (Å²) in [6.07, 6.45) is 4.94. The van der Waals surface area contributed by atoms with Crippen molar-refractivity contribution in [3.8, 4) is 0 Å². The zero-order valence-electron chi connectivity index (χ0n) is 9.47. The van der Waals surface area contributed by atoms with Gasteiger partial charge in [-0.15, -0.1) is 0 Å². The molecule has 1 aromatic rings. The minimum Gasteiger partial charge on any atom is -0.380 e. The van der Waals surface area contributed by atoms with E-state index in [4.69, 9.17) is 0 Å². The van der Waals surface area contributed by atoms with E-state index in [0.29, 0.717) is 17.6 Å². The number of nitrogens with one attached hydrogen (secondary N) is 1. The lowest BCUT2D eigenvalue weighted by atomic mass is 9.86. The molecule has 1 nitrogen and oxygen atoms in total. The molecule has 1 saturated carbocycles. The Morgan fingerprint density at radius 2 is 2.06 bits per heavy atom. The number of rotatable bonds is 2. The Morgan fingerprint density at radius 1 is 1.31 bits per heavy atom. The highest BCUT2D eigenvalue weighted by molar-refractivity contribution is 9.10. The van der Waals surface area contributed by atoms with Crippen molar-refractivity contribution in [2.24, 2.45) is 5.92 Å². The van der Waals surface area contributed by atoms with Crippen LogP contribution in [0.1, 0.15) is 32.6 Å². The van der Waals surface area contributed by atoms with Crippen LogP contribution in [-0.2, 0) is 0 Å². The van der Waals surface area contributed by atoms with Crippen LogP contribution >= 0.6 is 15.9 Å². The van der Waals surface area contributed by atoms with Crippen molar-refractivity contribution >= 4 is 21.6 Å². The van der Waals surface area contributed by atoms with Crippen molar-refractivity contribution < 1.29 is 4.39 Å². The second kappa shape index (κ2) is 5.17. The van der Waals surface area contributed by atoms with E-state index in [0.717, 1.165) is 10.9 Å². The van der Waals surface area contributed by atoms with E-state index in [2.05, 4.69) is 28.2 Å². The smallest absolute Gasteiger partial charge is 0.146 e. The molecule has 16 heavy (non-hydrogen) atoms. The van der Waals surface area contributed by atoms with Crippen LogP contribution in [0.3, 0.4) is 0 Å². The van der Waals surface area contributed by atoms with E-state index in [1.165, 1.54) is 25.3 Å². The summed E-state index contributed by atoms with van der Waals surface area (Å²) >= 11 is 3.37. The summed E-state index contributed by atoms with van der Waals surface area (Å²) in [5, 5.41) is 3.33. The lowest BCUT2D eigenvalue weighted by Gasteiger charge is -2.30. The first kappa shape index (κ1) is 11.9. The predicted octanol–water partition coefficient (Wildman–Crippen LogP) is 4.58. The standard InChI is InChI=1S/C13H17BrFN/c1-9-4-2-3-5-12(9)16-13-8-10(14)6-7-11(13)15/h6-9,12,16H,2-5H2,1H3. The minimum atomic E-state index is -0.166. The molecule has 0 spiro atoms. The second-order valence-corrected chi connectivity index (χ2v) is 5.55. The Kier molecular flexibility index (Phi) is 3.85. The predicted molar refractivity (Wildman–Crippen MR) is 69.1 cm³/mol. The lowest BCUT2D eigenvalue weighted by Crippen LogP contribution is -2.30. The van der Waals surface area contributed by atoms with Gasteiger partial charge in [-0.05, 0) is 37.0 Å². The molecule has 0 bridgehead atoms. The van der Waals surface area contributed by atoms with Crippen molar-refractivity contribution in [1.29, 1.82) is 0 Å². The van der Waals surface area contributed by atoms with Gasteiger partial charge in [0.1, 0.15) is 5.82 Å². The van der Waals surface area contributed by atoms with Crippen LogP contribution in [0.15, 0.2) is 22.7 Å². The highest BCUT2D eigenvalue weighted by Gasteiger charge is 2.21. The molecule has 1 N–H and O–H groups in total. The summed E-state index contributed by atoms with van der Waals surface area (Å²) in [6.45, 7) is 2.24. The average molecular weight is 286 g/mol. The van der Waals surface area contributed by atoms with E-state index >= 15 is 0 Å². The van der Waals surface area contributed by atoms with E-state index in [1.807, 2.05) is 6.07 Å². The molecule has 0 amide bonds. The van der Waals surface area contributed by atoms with E-state index in [9.17, 15) is 4.39 Å². The molecule has 0 aromatic heterocycles. The monoisotopic (exact) mass is 285 g/mol. The molecule has 1 aromatic carbocycles. The molecule has 0 heterocycles. The van der Waals surface area contributed by atoms with Gasteiger partial charge >= 0.3 is 0 Å². The Morgan fingerprint density at radius 3 is 2.81 bits per heavy atom. The van der Waals surface area contributed by atoms with Gasteiger partial charge in [-0.2, -0.15) is 0 Å². The quantitative estimate of drug-likeness (QED) is 0.839. The molecule has 1 aliphatic rings. The molecule has 0 radical (unpaired) electrons. The summed E-state index contributed by atoms with van der Waals surface area (Å²) < 4.78 is 14.5. The van der Waals surface area contributed by atoms with Crippen LogP contribution in [0.4, 0.5) is 10.1 Å². The zero-order chi connectivity index (χ0) is 11.5. The second-order valence-electron chi connectivity index (χ2n) is 4.64. The average Bonchev–Trinajstić information content (AvgIpc) is 2.27. The third-order valence-corrected chi connectivity index (χ3v) is 3.87. The van der Waals surface area contributed by atoms with Crippen LogP contribution < -0.4 is 5.32 Å². The minimum absolute atomic E-state index is 0.166. The molecular formula is C13H17BrFN. The summed E-state index contributed by atoms with van der Waals surface area (Å²) in [5.74, 6) is 0.466. The Balaban J connectivity index is 2.10. The third kappa shape index (κ3) is 2.76. The van der Waals surface area contributed by atoms with Gasteiger partial charge < -0.3 is 5.32 Å². The number of anilines is 1.